The zero-order valence-electron chi connectivity index (χ0n) is 17.9. The number of pyridine rings is 2. The summed E-state index contributed by atoms with van der Waals surface area (Å²) in [6.45, 7) is 1.82. The molecule has 1 atom stereocenters. The van der Waals surface area contributed by atoms with Gasteiger partial charge in [-0.25, -0.2) is 14.4 Å². The summed E-state index contributed by atoms with van der Waals surface area (Å²) in [6.07, 6.45) is 3.62. The Bertz CT molecular complexity index is 1310. The maximum atomic E-state index is 13.1. The van der Waals surface area contributed by atoms with Gasteiger partial charge < -0.3 is 15.3 Å². The van der Waals surface area contributed by atoms with Gasteiger partial charge in [-0.2, -0.15) is 5.10 Å². The van der Waals surface area contributed by atoms with Gasteiger partial charge in [0.25, 0.3) is 0 Å². The van der Waals surface area contributed by atoms with Crippen LogP contribution < -0.4 is 10.2 Å². The quantitative estimate of drug-likeness (QED) is 0.513. The van der Waals surface area contributed by atoms with E-state index in [4.69, 9.17) is 9.97 Å². The number of phenolic OH excluding ortho intramolecular Hbond substituents is 1. The minimum absolute atomic E-state index is 0.161. The smallest absolute Gasteiger partial charge is 0.129 e. The van der Waals surface area contributed by atoms with Crippen molar-refractivity contribution in [1.29, 1.82) is 0 Å². The summed E-state index contributed by atoms with van der Waals surface area (Å²) >= 11 is 0. The molecule has 1 saturated heterocycles. The first-order valence-electron chi connectivity index (χ1n) is 11.1. The predicted molar refractivity (Wildman–Crippen MR) is 123 cm³/mol. The van der Waals surface area contributed by atoms with Crippen LogP contribution in [0.5, 0.6) is 5.75 Å². The van der Waals surface area contributed by atoms with Crippen LogP contribution in [-0.2, 0) is 7.05 Å². The molecule has 7 nitrogen and oxygen atoms in total. The molecule has 8 heteroatoms. The third kappa shape index (κ3) is 3.44. The molecule has 6 rings (SSSR count). The Labute approximate surface area is 184 Å². The number of fused-ring (bicyclic) bond motifs is 2. The molecule has 0 spiro atoms. The number of aromatic nitrogens is 4. The SMILES string of the molecule is Cn1cc2cc(-c3ccc4nc(N5CC[C@H](N[C@H]6C[C@@H](F)C6)C5)ccc4n3)c(O)cc2n1. The van der Waals surface area contributed by atoms with E-state index in [1.807, 2.05) is 43.6 Å². The van der Waals surface area contributed by atoms with Crippen LogP contribution in [0.4, 0.5) is 10.2 Å². The highest BCUT2D eigenvalue weighted by Crippen LogP contribution is 2.33. The van der Waals surface area contributed by atoms with E-state index < -0.39 is 6.17 Å². The Morgan fingerprint density at radius 1 is 1.03 bits per heavy atom. The van der Waals surface area contributed by atoms with E-state index in [1.165, 1.54) is 0 Å². The van der Waals surface area contributed by atoms with Crippen LogP contribution in [-0.4, -0.2) is 56.2 Å². The van der Waals surface area contributed by atoms with Crippen molar-refractivity contribution >= 4 is 27.8 Å². The van der Waals surface area contributed by atoms with E-state index in [0.29, 0.717) is 36.2 Å². The summed E-state index contributed by atoms with van der Waals surface area (Å²) in [7, 11) is 1.86. The monoisotopic (exact) mass is 432 g/mol. The van der Waals surface area contributed by atoms with E-state index >= 15 is 0 Å². The van der Waals surface area contributed by atoms with Crippen molar-refractivity contribution in [1.82, 2.24) is 25.1 Å². The lowest BCUT2D eigenvalue weighted by molar-refractivity contribution is 0.148. The lowest BCUT2D eigenvalue weighted by atomic mass is 9.90. The second-order valence-electron chi connectivity index (χ2n) is 9.00. The topological polar surface area (TPSA) is 79.1 Å². The third-order valence-electron chi connectivity index (χ3n) is 6.60. The van der Waals surface area contributed by atoms with Crippen LogP contribution >= 0.6 is 0 Å². The maximum Gasteiger partial charge on any atom is 0.129 e. The average Bonchev–Trinajstić information content (AvgIpc) is 3.36. The van der Waals surface area contributed by atoms with Gasteiger partial charge in [-0.15, -0.1) is 0 Å². The zero-order valence-corrected chi connectivity index (χ0v) is 17.9. The molecule has 4 aromatic rings. The summed E-state index contributed by atoms with van der Waals surface area (Å²) in [5.74, 6) is 1.10. The molecule has 164 valence electrons. The molecule has 0 amide bonds. The van der Waals surface area contributed by atoms with E-state index in [-0.39, 0.29) is 5.75 Å². The largest absolute Gasteiger partial charge is 0.507 e. The second kappa shape index (κ2) is 7.41. The highest BCUT2D eigenvalue weighted by molar-refractivity contribution is 5.88. The number of halogens is 1. The Morgan fingerprint density at radius 3 is 2.69 bits per heavy atom. The molecule has 0 bridgehead atoms. The van der Waals surface area contributed by atoms with Crippen LogP contribution in [0.1, 0.15) is 19.3 Å². The van der Waals surface area contributed by atoms with Crippen LogP contribution in [0, 0.1) is 0 Å². The second-order valence-corrected chi connectivity index (χ2v) is 9.00. The molecule has 0 unspecified atom stereocenters. The zero-order chi connectivity index (χ0) is 21.8. The fourth-order valence-corrected chi connectivity index (χ4v) is 4.84. The molecule has 1 aliphatic heterocycles. The molecular weight excluding hydrogens is 407 g/mol. The number of rotatable bonds is 4. The number of aryl methyl sites for hydroxylation is 1. The number of benzene rings is 1. The van der Waals surface area contributed by atoms with Crippen molar-refractivity contribution in [2.24, 2.45) is 7.05 Å². The van der Waals surface area contributed by atoms with E-state index in [2.05, 4.69) is 15.3 Å². The molecule has 4 heterocycles. The summed E-state index contributed by atoms with van der Waals surface area (Å²) in [5.41, 5.74) is 3.74. The molecule has 2 N–H and O–H groups in total. The molecule has 1 aliphatic carbocycles. The average molecular weight is 433 g/mol. The number of hydrogen-bond acceptors (Lipinski definition) is 6. The number of anilines is 1. The van der Waals surface area contributed by atoms with Gasteiger partial charge in [0, 0.05) is 55.4 Å². The number of aromatic hydroxyl groups is 1. The molecule has 32 heavy (non-hydrogen) atoms. The summed E-state index contributed by atoms with van der Waals surface area (Å²) in [4.78, 5) is 11.9. The third-order valence-corrected chi connectivity index (χ3v) is 6.60. The van der Waals surface area contributed by atoms with E-state index in [0.717, 1.165) is 47.3 Å². The van der Waals surface area contributed by atoms with Gasteiger partial charge in [-0.3, -0.25) is 4.68 Å². The number of hydrogen-bond donors (Lipinski definition) is 2. The van der Waals surface area contributed by atoms with Crippen molar-refractivity contribution in [2.75, 3.05) is 18.0 Å². The Balaban J connectivity index is 1.24. The minimum atomic E-state index is -0.627. The number of nitrogens with one attached hydrogen (secondary N) is 1. The van der Waals surface area contributed by atoms with Crippen molar-refractivity contribution in [2.45, 2.75) is 37.5 Å². The predicted octanol–water partition coefficient (Wildman–Crippen LogP) is 3.56. The normalized spacial score (nSPS) is 23.2. The van der Waals surface area contributed by atoms with Crippen LogP contribution in [0.3, 0.4) is 0 Å². The molecule has 3 aromatic heterocycles. The van der Waals surface area contributed by atoms with Gasteiger partial charge in [0.2, 0.25) is 0 Å². The molecule has 1 aromatic carbocycles. The highest BCUT2D eigenvalue weighted by atomic mass is 19.1. The van der Waals surface area contributed by atoms with Crippen LogP contribution in [0.15, 0.2) is 42.6 Å². The molecule has 2 aliphatic rings. The molecule has 1 saturated carbocycles. The van der Waals surface area contributed by atoms with Gasteiger partial charge in [-0.05, 0) is 49.6 Å². The van der Waals surface area contributed by atoms with Crippen LogP contribution in [0.25, 0.3) is 33.2 Å². The van der Waals surface area contributed by atoms with Crippen molar-refractivity contribution in [3.8, 4) is 17.0 Å². The minimum Gasteiger partial charge on any atom is -0.507 e. The lowest BCUT2D eigenvalue weighted by Crippen LogP contribution is -2.48. The molecule has 0 radical (unpaired) electrons. The Kier molecular flexibility index (Phi) is 4.50. The fraction of sp³-hybridized carbons (Fsp3) is 0.375. The first kappa shape index (κ1) is 19.4. The first-order chi connectivity index (χ1) is 15.5. The van der Waals surface area contributed by atoms with Gasteiger partial charge in [-0.1, -0.05) is 0 Å². The van der Waals surface area contributed by atoms with Gasteiger partial charge in [0.15, 0.2) is 0 Å². The van der Waals surface area contributed by atoms with Crippen molar-refractivity contribution in [3.63, 3.8) is 0 Å². The van der Waals surface area contributed by atoms with Crippen LogP contribution in [0.2, 0.25) is 0 Å². The summed E-state index contributed by atoms with van der Waals surface area (Å²) in [5, 5.41) is 19.4. The number of alkyl halides is 1. The Morgan fingerprint density at radius 2 is 1.84 bits per heavy atom. The standard InChI is InChI=1S/C24H25FN6O/c1-30-12-14-8-18(23(32)11-22(14)29-30)19-2-3-21-20(27-19)4-5-24(28-21)31-7-6-16(13-31)26-17-9-15(25)10-17/h2-5,8,11-12,15-17,26,32H,6-7,9-10,13H2,1H3/t15-,16-,17+/m0/s1. The molecular formula is C24H25FN6O. The van der Waals surface area contributed by atoms with Gasteiger partial charge >= 0.3 is 0 Å². The summed E-state index contributed by atoms with van der Waals surface area (Å²) < 4.78 is 14.8. The number of phenols is 1. The summed E-state index contributed by atoms with van der Waals surface area (Å²) in [6, 6.07) is 12.1. The van der Waals surface area contributed by atoms with E-state index in [1.54, 1.807) is 10.7 Å². The highest BCUT2D eigenvalue weighted by Gasteiger charge is 2.33. The first-order valence-corrected chi connectivity index (χ1v) is 11.1. The van der Waals surface area contributed by atoms with Gasteiger partial charge in [0.05, 0.1) is 22.2 Å². The fourth-order valence-electron chi connectivity index (χ4n) is 4.84. The number of nitrogens with zero attached hydrogens (tertiary/aromatic N) is 5. The van der Waals surface area contributed by atoms with E-state index in [9.17, 15) is 9.50 Å². The van der Waals surface area contributed by atoms with Crippen molar-refractivity contribution < 1.29 is 9.50 Å². The lowest BCUT2D eigenvalue weighted by Gasteiger charge is -2.33. The Hall–Kier alpha value is -3.26. The van der Waals surface area contributed by atoms with Crippen molar-refractivity contribution in [3.05, 3.63) is 42.6 Å². The van der Waals surface area contributed by atoms with Gasteiger partial charge in [0.1, 0.15) is 17.7 Å². The maximum absolute atomic E-state index is 13.1. The molecule has 2 fully saturated rings.